The minimum atomic E-state index is -0.252. The summed E-state index contributed by atoms with van der Waals surface area (Å²) in [5, 5.41) is 6.40. The average Bonchev–Trinajstić information content (AvgIpc) is 2.65. The molecule has 0 radical (unpaired) electrons. The van der Waals surface area contributed by atoms with Crippen molar-refractivity contribution in [3.05, 3.63) is 76.3 Å². The number of carbonyl (C=O) groups is 1. The van der Waals surface area contributed by atoms with Crippen LogP contribution in [0.4, 0.5) is 0 Å². The summed E-state index contributed by atoms with van der Waals surface area (Å²) in [7, 11) is 1.65. The van der Waals surface area contributed by atoms with Crippen molar-refractivity contribution in [2.24, 2.45) is 5.10 Å². The van der Waals surface area contributed by atoms with Crippen LogP contribution in [0.5, 0.6) is 5.75 Å². The number of fused-ring (bicyclic) bond motifs is 1. The molecule has 1 N–H and O–H groups in total. The molecule has 0 aromatic heterocycles. The van der Waals surface area contributed by atoms with E-state index in [2.05, 4.69) is 26.5 Å². The quantitative estimate of drug-likeness (QED) is 0.510. The Bertz CT molecular complexity index is 967. The standard InChI is InChI=1S/C20H17BrN2O2/c1-13(22-23-20(24)18-5-3-4-6-19(18)21)14-7-8-16-12-17(25-2)10-9-15(16)11-14/h3-12H,1-2H3,(H,23,24). The SMILES string of the molecule is COc1ccc2cc(C(C)=NNC(=O)c3ccccc3Br)ccc2c1. The van der Waals surface area contributed by atoms with Crippen molar-refractivity contribution in [2.45, 2.75) is 6.92 Å². The zero-order chi connectivity index (χ0) is 17.8. The lowest BCUT2D eigenvalue weighted by atomic mass is 10.0. The van der Waals surface area contributed by atoms with Gasteiger partial charge in [-0.3, -0.25) is 4.79 Å². The third-order valence-electron chi connectivity index (χ3n) is 3.91. The van der Waals surface area contributed by atoms with Crippen molar-refractivity contribution < 1.29 is 9.53 Å². The third kappa shape index (κ3) is 3.88. The molecule has 0 fully saturated rings. The van der Waals surface area contributed by atoms with Crippen molar-refractivity contribution in [1.29, 1.82) is 0 Å². The molecule has 0 heterocycles. The number of methoxy groups -OCH3 is 1. The number of halogens is 1. The molecule has 0 spiro atoms. The molecule has 5 heteroatoms. The van der Waals surface area contributed by atoms with Crippen LogP contribution in [0.1, 0.15) is 22.8 Å². The zero-order valence-corrected chi connectivity index (χ0v) is 15.5. The van der Waals surface area contributed by atoms with Gasteiger partial charge in [-0.15, -0.1) is 0 Å². The molecular formula is C20H17BrN2O2. The molecule has 0 aliphatic heterocycles. The van der Waals surface area contributed by atoms with Gasteiger partial charge in [-0.25, -0.2) is 5.43 Å². The Morgan fingerprint density at radius 2 is 1.76 bits per heavy atom. The number of nitrogens with zero attached hydrogens (tertiary/aromatic N) is 1. The second-order valence-corrected chi connectivity index (χ2v) is 6.40. The first-order chi connectivity index (χ1) is 12.1. The van der Waals surface area contributed by atoms with Gasteiger partial charge in [0.15, 0.2) is 0 Å². The Balaban J connectivity index is 1.81. The normalized spacial score (nSPS) is 11.4. The summed E-state index contributed by atoms with van der Waals surface area (Å²) in [6, 6.07) is 19.2. The number of ether oxygens (including phenoxy) is 1. The molecule has 25 heavy (non-hydrogen) atoms. The van der Waals surface area contributed by atoms with Crippen molar-refractivity contribution >= 4 is 38.3 Å². The number of carbonyl (C=O) groups excluding carboxylic acids is 1. The number of hydrogen-bond donors (Lipinski definition) is 1. The van der Waals surface area contributed by atoms with E-state index < -0.39 is 0 Å². The number of hydrogen-bond acceptors (Lipinski definition) is 3. The van der Waals surface area contributed by atoms with Crippen LogP contribution in [0.25, 0.3) is 10.8 Å². The topological polar surface area (TPSA) is 50.7 Å². The molecule has 0 saturated heterocycles. The maximum Gasteiger partial charge on any atom is 0.272 e. The smallest absolute Gasteiger partial charge is 0.272 e. The van der Waals surface area contributed by atoms with Crippen LogP contribution in [0.2, 0.25) is 0 Å². The van der Waals surface area contributed by atoms with Crippen LogP contribution >= 0.6 is 15.9 Å². The first kappa shape index (κ1) is 17.2. The summed E-state index contributed by atoms with van der Waals surface area (Å²) in [5.74, 6) is 0.573. The van der Waals surface area contributed by atoms with Crippen LogP contribution in [0, 0.1) is 0 Å². The first-order valence-corrected chi connectivity index (χ1v) is 8.55. The lowest BCUT2D eigenvalue weighted by Gasteiger charge is -2.07. The molecule has 0 saturated carbocycles. The second kappa shape index (κ2) is 7.49. The van der Waals surface area contributed by atoms with E-state index in [1.165, 1.54) is 0 Å². The summed E-state index contributed by atoms with van der Waals surface area (Å²) >= 11 is 3.37. The Morgan fingerprint density at radius 3 is 2.52 bits per heavy atom. The summed E-state index contributed by atoms with van der Waals surface area (Å²) in [6.45, 7) is 1.87. The van der Waals surface area contributed by atoms with E-state index in [4.69, 9.17) is 4.74 Å². The van der Waals surface area contributed by atoms with Crippen molar-refractivity contribution in [3.63, 3.8) is 0 Å². The molecule has 1 amide bonds. The molecular weight excluding hydrogens is 380 g/mol. The molecule has 0 aliphatic rings. The van der Waals surface area contributed by atoms with Gasteiger partial charge in [0, 0.05) is 4.47 Å². The highest BCUT2D eigenvalue weighted by molar-refractivity contribution is 9.10. The van der Waals surface area contributed by atoms with Crippen LogP contribution < -0.4 is 10.2 Å². The van der Waals surface area contributed by atoms with Gasteiger partial charge in [0.1, 0.15) is 5.75 Å². The zero-order valence-electron chi connectivity index (χ0n) is 13.9. The monoisotopic (exact) mass is 396 g/mol. The van der Waals surface area contributed by atoms with E-state index >= 15 is 0 Å². The van der Waals surface area contributed by atoms with Gasteiger partial charge in [-0.1, -0.05) is 30.3 Å². The van der Waals surface area contributed by atoms with Crippen molar-refractivity contribution in [3.8, 4) is 5.75 Å². The molecule has 4 nitrogen and oxygen atoms in total. The third-order valence-corrected chi connectivity index (χ3v) is 4.60. The fourth-order valence-corrected chi connectivity index (χ4v) is 2.95. The number of benzene rings is 3. The Morgan fingerprint density at radius 1 is 1.04 bits per heavy atom. The Hall–Kier alpha value is -2.66. The van der Waals surface area contributed by atoms with Crippen LogP contribution in [0.3, 0.4) is 0 Å². The van der Waals surface area contributed by atoms with Gasteiger partial charge < -0.3 is 4.74 Å². The molecule has 0 unspecified atom stereocenters. The summed E-state index contributed by atoms with van der Waals surface area (Å²) in [4.78, 5) is 12.2. The lowest BCUT2D eigenvalue weighted by molar-refractivity contribution is 0.0954. The van der Waals surface area contributed by atoms with E-state index in [1.54, 1.807) is 13.2 Å². The highest BCUT2D eigenvalue weighted by atomic mass is 79.9. The summed E-state index contributed by atoms with van der Waals surface area (Å²) in [6.07, 6.45) is 0. The number of rotatable bonds is 4. The minimum absolute atomic E-state index is 0.252. The molecule has 126 valence electrons. The second-order valence-electron chi connectivity index (χ2n) is 5.55. The van der Waals surface area contributed by atoms with Gasteiger partial charge in [0.25, 0.3) is 5.91 Å². The van der Waals surface area contributed by atoms with Gasteiger partial charge in [-0.05, 0) is 69.5 Å². The molecule has 3 aromatic carbocycles. The number of amides is 1. The fourth-order valence-electron chi connectivity index (χ4n) is 2.48. The highest BCUT2D eigenvalue weighted by Crippen LogP contribution is 2.22. The van der Waals surface area contributed by atoms with E-state index in [1.807, 2.05) is 61.5 Å². The highest BCUT2D eigenvalue weighted by Gasteiger charge is 2.08. The van der Waals surface area contributed by atoms with Crippen LogP contribution in [0.15, 0.2) is 70.2 Å². The summed E-state index contributed by atoms with van der Waals surface area (Å²) in [5.41, 5.74) is 4.83. The van der Waals surface area contributed by atoms with Gasteiger partial charge in [0.05, 0.1) is 18.4 Å². The lowest BCUT2D eigenvalue weighted by Crippen LogP contribution is -2.19. The van der Waals surface area contributed by atoms with Gasteiger partial charge in [0.2, 0.25) is 0 Å². The Labute approximate surface area is 154 Å². The van der Waals surface area contributed by atoms with E-state index in [9.17, 15) is 4.79 Å². The maximum absolute atomic E-state index is 12.2. The predicted octanol–water partition coefficient (Wildman–Crippen LogP) is 4.76. The number of nitrogens with one attached hydrogen (secondary N) is 1. The molecule has 0 bridgehead atoms. The van der Waals surface area contributed by atoms with Crippen LogP contribution in [-0.2, 0) is 0 Å². The van der Waals surface area contributed by atoms with Gasteiger partial charge >= 0.3 is 0 Å². The Kier molecular flexibility index (Phi) is 5.14. The molecule has 0 aliphatic carbocycles. The van der Waals surface area contributed by atoms with Crippen molar-refractivity contribution in [2.75, 3.05) is 7.11 Å². The minimum Gasteiger partial charge on any atom is -0.497 e. The van der Waals surface area contributed by atoms with E-state index in [-0.39, 0.29) is 5.91 Å². The fraction of sp³-hybridized carbons (Fsp3) is 0.100. The average molecular weight is 397 g/mol. The molecule has 3 rings (SSSR count). The van der Waals surface area contributed by atoms with Crippen molar-refractivity contribution in [1.82, 2.24) is 5.43 Å². The number of hydrazone groups is 1. The van der Waals surface area contributed by atoms with E-state index in [0.717, 1.165) is 32.3 Å². The molecule has 3 aromatic rings. The van der Waals surface area contributed by atoms with E-state index in [0.29, 0.717) is 5.56 Å². The maximum atomic E-state index is 12.2. The van der Waals surface area contributed by atoms with Gasteiger partial charge in [-0.2, -0.15) is 5.10 Å². The largest absolute Gasteiger partial charge is 0.497 e. The van der Waals surface area contributed by atoms with Crippen LogP contribution in [-0.4, -0.2) is 18.7 Å². The molecule has 0 atom stereocenters. The summed E-state index contributed by atoms with van der Waals surface area (Å²) < 4.78 is 5.98. The predicted molar refractivity (Wildman–Crippen MR) is 104 cm³/mol. The first-order valence-electron chi connectivity index (χ1n) is 7.76.